The van der Waals surface area contributed by atoms with Gasteiger partial charge in [0.05, 0.1) is 0 Å². The van der Waals surface area contributed by atoms with Gasteiger partial charge in [-0.3, -0.25) is 6.77 Å². The van der Waals surface area contributed by atoms with E-state index in [1.807, 2.05) is 0 Å². The van der Waals surface area contributed by atoms with Crippen molar-refractivity contribution in [1.82, 2.24) is 0 Å². The summed E-state index contributed by atoms with van der Waals surface area (Å²) in [7, 11) is 1.00. The van der Waals surface area contributed by atoms with Crippen LogP contribution in [0.1, 0.15) is 1.37 Å². The average molecular weight is 254 g/mol. The summed E-state index contributed by atoms with van der Waals surface area (Å²) in [5.41, 5.74) is 0. The van der Waals surface area contributed by atoms with Crippen molar-refractivity contribution in [3.05, 3.63) is 0 Å². The third-order valence-corrected chi connectivity index (χ3v) is 0. The molecular formula is C2H5IrO2-. The van der Waals surface area contributed by atoms with E-state index >= 15 is 0 Å². The topological polar surface area (TPSA) is 37.3 Å². The summed E-state index contributed by atoms with van der Waals surface area (Å²) in [6.45, 7) is 0.750. The Balaban J connectivity index is -0.0000000275. The van der Waals surface area contributed by atoms with Gasteiger partial charge in [0, 0.05) is 27.2 Å². The SMILES string of the molecule is CO.[2H][C-]=O.[Ir]. The fourth-order valence-corrected chi connectivity index (χ4v) is 0. The Morgan fingerprint density at radius 2 is 2.00 bits per heavy atom. The maximum Gasteiger partial charge on any atom is 0.0319 e. The summed E-state index contributed by atoms with van der Waals surface area (Å²) >= 11 is 0. The fraction of sp³-hybridized carbons (Fsp3) is 0.500. The molecule has 5 heavy (non-hydrogen) atoms. The van der Waals surface area contributed by atoms with Gasteiger partial charge in [0.25, 0.3) is 0 Å². The monoisotopic (exact) mass is 255 g/mol. The molecule has 0 aromatic heterocycles. The van der Waals surface area contributed by atoms with Crippen LogP contribution in [-0.4, -0.2) is 19.0 Å². The van der Waals surface area contributed by atoms with Crippen LogP contribution in [0.5, 0.6) is 0 Å². The Labute approximate surface area is 45.9 Å². The summed E-state index contributed by atoms with van der Waals surface area (Å²) < 4.78 is 5.40. The molecule has 0 amide bonds. The summed E-state index contributed by atoms with van der Waals surface area (Å²) in [5, 5.41) is 7.00. The van der Waals surface area contributed by atoms with E-state index in [1.165, 1.54) is 0 Å². The largest absolute Gasteiger partial charge is 0.545 e. The van der Waals surface area contributed by atoms with Crippen molar-refractivity contribution in [3.8, 4) is 0 Å². The number of carbonyl (C=O) groups excluding carboxylic acids is 1. The van der Waals surface area contributed by atoms with Crippen LogP contribution in [0.3, 0.4) is 0 Å². The third-order valence-electron chi connectivity index (χ3n) is 0. The van der Waals surface area contributed by atoms with E-state index in [-0.39, 0.29) is 20.1 Å². The molecule has 0 aliphatic heterocycles. The molecule has 0 spiro atoms. The Kier molecular flexibility index (Phi) is 1060. The minimum absolute atomic E-state index is 0. The molecule has 0 rings (SSSR count). The number of aliphatic hydroxyl groups is 1. The first-order valence-electron chi connectivity index (χ1n) is 1.15. The quantitative estimate of drug-likeness (QED) is 0.460. The van der Waals surface area contributed by atoms with Crippen LogP contribution in [0.2, 0.25) is 0 Å². The van der Waals surface area contributed by atoms with Gasteiger partial charge in [0.15, 0.2) is 0 Å². The van der Waals surface area contributed by atoms with E-state index in [0.717, 1.165) is 13.9 Å². The van der Waals surface area contributed by atoms with E-state index < -0.39 is 0 Å². The number of hydrogen-bond donors (Lipinski definition) is 1. The zero-order chi connectivity index (χ0) is 4.71. The molecule has 0 unspecified atom stereocenters. The first-order chi connectivity index (χ1) is 2.41. The molecule has 1 N–H and O–H groups in total. The zero-order valence-electron chi connectivity index (χ0n) is 3.69. The van der Waals surface area contributed by atoms with Crippen molar-refractivity contribution >= 4 is 6.77 Å². The van der Waals surface area contributed by atoms with Crippen molar-refractivity contribution in [2.45, 2.75) is 0 Å². The van der Waals surface area contributed by atoms with Crippen LogP contribution >= 0.6 is 0 Å². The first-order valence-corrected chi connectivity index (χ1v) is 0.651. The maximum absolute atomic E-state index is 8.35. The number of aliphatic hydroxyl groups excluding tert-OH is 1. The molecule has 0 atom stereocenters. The van der Waals surface area contributed by atoms with E-state index in [0.29, 0.717) is 0 Å². The van der Waals surface area contributed by atoms with Gasteiger partial charge < -0.3 is 9.90 Å². The molecule has 2 nitrogen and oxygen atoms in total. The van der Waals surface area contributed by atoms with Crippen molar-refractivity contribution in [2.24, 2.45) is 0 Å². The van der Waals surface area contributed by atoms with E-state index in [2.05, 4.69) is 0 Å². The standard InChI is InChI=1S/CH4O.CHO.Ir/c2*1-2;/h2H,1H3;1H;/q;-1;/i;1D;. The van der Waals surface area contributed by atoms with Crippen LogP contribution in [0.4, 0.5) is 0 Å². The smallest absolute Gasteiger partial charge is 0.0319 e. The Morgan fingerprint density at radius 3 is 2.00 bits per heavy atom. The van der Waals surface area contributed by atoms with Crippen LogP contribution < -0.4 is 0 Å². The summed E-state index contributed by atoms with van der Waals surface area (Å²) in [4.78, 5) is 8.35. The van der Waals surface area contributed by atoms with Gasteiger partial charge in [-0.15, -0.1) is 0 Å². The fourth-order valence-electron chi connectivity index (χ4n) is 0. The van der Waals surface area contributed by atoms with E-state index in [1.54, 1.807) is 0 Å². The molecule has 0 fully saturated rings. The minimum atomic E-state index is 0. The molecule has 0 heterocycles. The Bertz CT molecular complexity index is 19.0. The molecule has 0 aromatic carbocycles. The Hall–Kier alpha value is 0.279. The second-order valence-corrected chi connectivity index (χ2v) is 0. The second-order valence-electron chi connectivity index (χ2n) is 0. The molecule has 0 aliphatic carbocycles. The van der Waals surface area contributed by atoms with Crippen molar-refractivity contribution in [1.29, 1.82) is 0 Å². The Morgan fingerprint density at radius 1 is 2.00 bits per heavy atom. The van der Waals surface area contributed by atoms with Crippen molar-refractivity contribution in [2.75, 3.05) is 7.11 Å². The predicted octanol–water partition coefficient (Wildman–Crippen LogP) is -0.668. The van der Waals surface area contributed by atoms with Gasteiger partial charge in [-0.05, 0) is 0 Å². The van der Waals surface area contributed by atoms with Gasteiger partial charge in [0.1, 0.15) is 0 Å². The van der Waals surface area contributed by atoms with E-state index in [4.69, 9.17) is 11.3 Å². The molecule has 0 aromatic rings. The number of hydrogen-bond acceptors (Lipinski definition) is 2. The van der Waals surface area contributed by atoms with Crippen molar-refractivity contribution < 1.29 is 31.4 Å². The molecule has 3 heteroatoms. The molecular weight excluding hydrogens is 248 g/mol. The zero-order valence-corrected chi connectivity index (χ0v) is 5.08. The van der Waals surface area contributed by atoms with Crippen LogP contribution in [0.15, 0.2) is 0 Å². The number of rotatable bonds is 0. The summed E-state index contributed by atoms with van der Waals surface area (Å²) in [6.07, 6.45) is 0. The van der Waals surface area contributed by atoms with Gasteiger partial charge in [0.2, 0.25) is 0 Å². The molecule has 0 saturated heterocycles. The molecule has 1 radical (unpaired) electrons. The van der Waals surface area contributed by atoms with Gasteiger partial charge >= 0.3 is 0 Å². The summed E-state index contributed by atoms with van der Waals surface area (Å²) in [6, 6.07) is 0. The van der Waals surface area contributed by atoms with E-state index in [9.17, 15) is 0 Å². The molecule has 0 bridgehead atoms. The normalized spacial score (nSPS) is 4.00. The van der Waals surface area contributed by atoms with Gasteiger partial charge in [-0.2, -0.15) is 1.37 Å². The maximum atomic E-state index is 8.35. The predicted molar refractivity (Wildman–Crippen MR) is 14.9 cm³/mol. The second kappa shape index (κ2) is 590. The van der Waals surface area contributed by atoms with Crippen LogP contribution in [0.25, 0.3) is 0 Å². The van der Waals surface area contributed by atoms with Gasteiger partial charge in [-0.25, -0.2) is 0 Å². The molecule has 0 aliphatic rings. The summed E-state index contributed by atoms with van der Waals surface area (Å²) in [5.74, 6) is 0. The van der Waals surface area contributed by atoms with Crippen LogP contribution in [-0.2, 0) is 24.9 Å². The van der Waals surface area contributed by atoms with Gasteiger partial charge in [-0.1, -0.05) is 0 Å². The molecule has 35 valence electrons. The minimum Gasteiger partial charge on any atom is -0.545 e. The third kappa shape index (κ3) is 285. The van der Waals surface area contributed by atoms with Crippen molar-refractivity contribution in [3.63, 3.8) is 0 Å². The molecule has 0 saturated carbocycles. The average Bonchev–Trinajstić information content (AvgIpc) is 1.46. The van der Waals surface area contributed by atoms with Crippen LogP contribution in [0, 0.1) is 0 Å². The first kappa shape index (κ1) is 8.99.